The number of carbonyl (C=O) groups is 1. The lowest BCUT2D eigenvalue weighted by Gasteiger charge is -2.28. The summed E-state index contributed by atoms with van der Waals surface area (Å²) in [6, 6.07) is 24.3. The number of hydrogen-bond acceptors (Lipinski definition) is 7. The predicted molar refractivity (Wildman–Crippen MR) is 149 cm³/mol. The molecule has 7 nitrogen and oxygen atoms in total. The van der Waals surface area contributed by atoms with Crippen molar-refractivity contribution in [2.45, 2.75) is 38.3 Å². The van der Waals surface area contributed by atoms with Gasteiger partial charge in [0.25, 0.3) is 0 Å². The van der Waals surface area contributed by atoms with E-state index in [1.54, 1.807) is 16.4 Å². The molecule has 2 heterocycles. The number of ether oxygens (including phenoxy) is 2. The Balaban J connectivity index is 1.45. The number of halogens is 1. The summed E-state index contributed by atoms with van der Waals surface area (Å²) in [5.74, 6) is 1.67. The highest BCUT2D eigenvalue weighted by Crippen LogP contribution is 2.38. The van der Waals surface area contributed by atoms with Crippen molar-refractivity contribution in [1.29, 1.82) is 0 Å². The van der Waals surface area contributed by atoms with E-state index in [-0.39, 0.29) is 6.61 Å². The zero-order valence-corrected chi connectivity index (χ0v) is 22.6. The maximum absolute atomic E-state index is 13.5. The molecular weight excluding hydrogens is 520 g/mol. The molecule has 3 aromatic carbocycles. The Hall–Kier alpha value is -3.75. The molecule has 0 saturated heterocycles. The summed E-state index contributed by atoms with van der Waals surface area (Å²) >= 11 is 7.55. The molecular formula is C29H27ClN4O3S. The van der Waals surface area contributed by atoms with Gasteiger partial charge in [0.1, 0.15) is 25.0 Å². The Bertz CT molecular complexity index is 1450. The van der Waals surface area contributed by atoms with Crippen LogP contribution in [0.25, 0.3) is 0 Å². The predicted octanol–water partition coefficient (Wildman–Crippen LogP) is 6.65. The number of allylic oxidation sites excluding steroid dienone is 1. The summed E-state index contributed by atoms with van der Waals surface area (Å²) < 4.78 is 13.6. The maximum Gasteiger partial charge on any atom is 0.338 e. The van der Waals surface area contributed by atoms with Crippen LogP contribution >= 0.6 is 23.4 Å². The van der Waals surface area contributed by atoms with Crippen molar-refractivity contribution in [3.8, 4) is 5.75 Å². The van der Waals surface area contributed by atoms with E-state index >= 15 is 0 Å². The van der Waals surface area contributed by atoms with Crippen molar-refractivity contribution in [1.82, 2.24) is 14.8 Å². The molecule has 0 bridgehead atoms. The second-order valence-electron chi connectivity index (χ2n) is 8.71. The van der Waals surface area contributed by atoms with E-state index in [1.165, 1.54) is 0 Å². The smallest absolute Gasteiger partial charge is 0.338 e. The molecule has 1 atom stereocenters. The molecule has 0 radical (unpaired) electrons. The summed E-state index contributed by atoms with van der Waals surface area (Å²) in [7, 11) is 0. The minimum absolute atomic E-state index is 0.175. The highest BCUT2D eigenvalue weighted by molar-refractivity contribution is 7.99. The van der Waals surface area contributed by atoms with Crippen LogP contribution in [0.5, 0.6) is 5.75 Å². The van der Waals surface area contributed by atoms with E-state index < -0.39 is 12.0 Å². The lowest BCUT2D eigenvalue weighted by atomic mass is 9.95. The van der Waals surface area contributed by atoms with Gasteiger partial charge in [-0.25, -0.2) is 9.48 Å². The molecule has 0 saturated carbocycles. The summed E-state index contributed by atoms with van der Waals surface area (Å²) in [6.07, 6.45) is 0. The second-order valence-corrected chi connectivity index (χ2v) is 10.4. The van der Waals surface area contributed by atoms with Crippen molar-refractivity contribution in [3.63, 3.8) is 0 Å². The van der Waals surface area contributed by atoms with E-state index in [0.29, 0.717) is 39.8 Å². The molecule has 0 amide bonds. The van der Waals surface area contributed by atoms with Gasteiger partial charge in [-0.1, -0.05) is 84.9 Å². The normalized spacial score (nSPS) is 14.6. The van der Waals surface area contributed by atoms with Gasteiger partial charge in [-0.05, 0) is 53.6 Å². The number of fused-ring (bicyclic) bond motifs is 1. The second kappa shape index (κ2) is 11.8. The van der Waals surface area contributed by atoms with Crippen molar-refractivity contribution in [2.75, 3.05) is 11.1 Å². The van der Waals surface area contributed by atoms with Crippen molar-refractivity contribution >= 4 is 35.3 Å². The Morgan fingerprint density at radius 3 is 2.55 bits per heavy atom. The highest BCUT2D eigenvalue weighted by atomic mass is 35.5. The Kier molecular flexibility index (Phi) is 8.00. The zero-order valence-electron chi connectivity index (χ0n) is 21.1. The number of esters is 1. The average molecular weight is 547 g/mol. The van der Waals surface area contributed by atoms with Gasteiger partial charge in [-0.3, -0.25) is 0 Å². The number of anilines is 1. The van der Waals surface area contributed by atoms with Crippen LogP contribution in [-0.4, -0.2) is 26.5 Å². The molecule has 4 aromatic rings. The molecule has 194 valence electrons. The number of rotatable bonds is 9. The first kappa shape index (κ1) is 25.9. The van der Waals surface area contributed by atoms with Crippen molar-refractivity contribution < 1.29 is 14.3 Å². The molecule has 1 unspecified atom stereocenters. The first-order chi connectivity index (χ1) is 18.5. The van der Waals surface area contributed by atoms with Crippen LogP contribution in [0.4, 0.5) is 5.95 Å². The van der Waals surface area contributed by atoms with Gasteiger partial charge in [0.15, 0.2) is 0 Å². The summed E-state index contributed by atoms with van der Waals surface area (Å²) in [5.41, 5.74) is 3.91. The molecule has 9 heteroatoms. The van der Waals surface area contributed by atoms with Crippen LogP contribution in [0.3, 0.4) is 0 Å². The fourth-order valence-corrected chi connectivity index (χ4v) is 4.90. The molecule has 38 heavy (non-hydrogen) atoms. The number of nitrogens with zero attached hydrogens (tertiary/aromatic N) is 3. The highest BCUT2D eigenvalue weighted by Gasteiger charge is 2.35. The maximum atomic E-state index is 13.5. The van der Waals surface area contributed by atoms with Crippen molar-refractivity contribution in [3.05, 3.63) is 112 Å². The van der Waals surface area contributed by atoms with E-state index in [2.05, 4.69) is 10.3 Å². The van der Waals surface area contributed by atoms with Gasteiger partial charge in [0.05, 0.1) is 5.57 Å². The topological polar surface area (TPSA) is 78.3 Å². The summed E-state index contributed by atoms with van der Waals surface area (Å²) in [6.45, 7) is 4.47. The van der Waals surface area contributed by atoms with Gasteiger partial charge in [0.2, 0.25) is 11.1 Å². The SMILES string of the molecule is CCSc1nc2n(n1)C(c1cccc(OCc3ccc(Cl)cc3)c1)C(C(=O)OCc1ccccc1)=C(C)N2. The molecule has 5 rings (SSSR count). The Morgan fingerprint density at radius 1 is 1.03 bits per heavy atom. The zero-order chi connectivity index (χ0) is 26.5. The van der Waals surface area contributed by atoms with Gasteiger partial charge in [-0.2, -0.15) is 4.98 Å². The molecule has 1 aliphatic rings. The van der Waals surface area contributed by atoms with Gasteiger partial charge < -0.3 is 14.8 Å². The number of thioether (sulfide) groups is 1. The quantitative estimate of drug-likeness (QED) is 0.186. The van der Waals surface area contributed by atoms with Crippen molar-refractivity contribution in [2.24, 2.45) is 0 Å². The van der Waals surface area contributed by atoms with Crippen LogP contribution in [0.15, 0.2) is 95.3 Å². The Morgan fingerprint density at radius 2 is 1.79 bits per heavy atom. The third-order valence-electron chi connectivity index (χ3n) is 6.03. The molecule has 0 fully saturated rings. The number of carbonyl (C=O) groups excluding carboxylic acids is 1. The number of aromatic nitrogens is 3. The van der Waals surface area contributed by atoms with Crippen LogP contribution in [0.1, 0.15) is 36.6 Å². The largest absolute Gasteiger partial charge is 0.489 e. The first-order valence-electron chi connectivity index (χ1n) is 12.3. The minimum atomic E-state index is -0.535. The van der Waals surface area contributed by atoms with E-state index in [0.717, 1.165) is 22.4 Å². The minimum Gasteiger partial charge on any atom is -0.489 e. The van der Waals surface area contributed by atoms with Crippen LogP contribution in [0.2, 0.25) is 5.02 Å². The molecule has 1 aliphatic heterocycles. The number of benzene rings is 3. The molecule has 0 aliphatic carbocycles. The van der Waals surface area contributed by atoms with Crippen LogP contribution in [0, 0.1) is 0 Å². The average Bonchev–Trinajstić information content (AvgIpc) is 3.33. The van der Waals surface area contributed by atoms with Gasteiger partial charge in [0, 0.05) is 10.7 Å². The van der Waals surface area contributed by atoms with E-state index in [4.69, 9.17) is 26.2 Å². The van der Waals surface area contributed by atoms with Gasteiger partial charge >= 0.3 is 5.97 Å². The van der Waals surface area contributed by atoms with E-state index in [9.17, 15) is 4.79 Å². The monoisotopic (exact) mass is 546 g/mol. The lowest BCUT2D eigenvalue weighted by Crippen LogP contribution is -2.29. The standard InChI is InChI=1S/C29H27ClN4O3S/c1-3-38-29-32-28-31-19(2)25(27(35)37-18-20-8-5-4-6-9-20)26(34(28)33-29)22-10-7-11-24(16-22)36-17-21-12-14-23(30)15-13-21/h4-16,26H,3,17-18H2,1-2H3,(H,31,32,33). The van der Waals surface area contributed by atoms with Crippen LogP contribution < -0.4 is 10.1 Å². The molecule has 1 N–H and O–H groups in total. The Labute approximate surface area is 230 Å². The molecule has 0 spiro atoms. The fraction of sp³-hybridized carbons (Fsp3) is 0.207. The third-order valence-corrected chi connectivity index (χ3v) is 7.00. The van der Waals surface area contributed by atoms with Crippen LogP contribution in [-0.2, 0) is 22.7 Å². The fourth-order valence-electron chi connectivity index (χ4n) is 4.22. The summed E-state index contributed by atoms with van der Waals surface area (Å²) in [5, 5.41) is 9.29. The number of hydrogen-bond donors (Lipinski definition) is 1. The number of nitrogens with one attached hydrogen (secondary N) is 1. The first-order valence-corrected chi connectivity index (χ1v) is 13.6. The van der Waals surface area contributed by atoms with E-state index in [1.807, 2.05) is 92.7 Å². The third kappa shape index (κ3) is 5.87. The molecule has 1 aromatic heterocycles. The summed E-state index contributed by atoms with van der Waals surface area (Å²) in [4.78, 5) is 18.1. The lowest BCUT2D eigenvalue weighted by molar-refractivity contribution is -0.140. The van der Waals surface area contributed by atoms with Gasteiger partial charge in [-0.15, -0.1) is 5.10 Å².